The Morgan fingerprint density at radius 2 is 1.76 bits per heavy atom. The van der Waals surface area contributed by atoms with Crippen molar-refractivity contribution in [2.45, 2.75) is 44.6 Å². The second-order valence-electron chi connectivity index (χ2n) is 9.26. The third-order valence-electron chi connectivity index (χ3n) is 7.10. The Bertz CT molecular complexity index is 1070. The molecule has 1 aromatic heterocycles. The van der Waals surface area contributed by atoms with Crippen molar-refractivity contribution in [1.82, 2.24) is 14.8 Å². The standard InChI is InChI=1S/C25H31N5O3/c1-28-10-5-7-20(28)21(29-11-2-3-12-29)16-26-24(32)25(33)27-19-14-17-6-4-13-30-22(31)9-8-18(15-19)23(17)30/h5,7,10,14-15,21H,2-4,6,8-9,11-13,16H2,1H3,(H,26,32)(H,27,33). The van der Waals surface area contributed by atoms with Crippen molar-refractivity contribution in [3.63, 3.8) is 0 Å². The first-order valence-electron chi connectivity index (χ1n) is 11.9. The quantitative estimate of drug-likeness (QED) is 0.685. The predicted molar refractivity (Wildman–Crippen MR) is 126 cm³/mol. The number of hydrogen-bond acceptors (Lipinski definition) is 4. The van der Waals surface area contributed by atoms with E-state index in [0.29, 0.717) is 25.1 Å². The summed E-state index contributed by atoms with van der Waals surface area (Å²) in [5, 5.41) is 5.63. The SMILES string of the molecule is Cn1cccc1C(CNC(=O)C(=O)Nc1cc2c3c(c1)CCC(=O)N3CCC2)N1CCCC1. The van der Waals surface area contributed by atoms with Crippen LogP contribution in [-0.4, -0.2) is 53.4 Å². The van der Waals surface area contributed by atoms with Gasteiger partial charge in [-0.25, -0.2) is 0 Å². The molecule has 1 atom stereocenters. The Balaban J connectivity index is 1.26. The fourth-order valence-electron chi connectivity index (χ4n) is 5.48. The average molecular weight is 450 g/mol. The molecular weight excluding hydrogens is 418 g/mol. The summed E-state index contributed by atoms with van der Waals surface area (Å²) in [6.45, 7) is 3.13. The highest BCUT2D eigenvalue weighted by molar-refractivity contribution is 6.39. The van der Waals surface area contributed by atoms with E-state index in [9.17, 15) is 14.4 Å². The Kier molecular flexibility index (Phi) is 5.93. The number of aromatic nitrogens is 1. The number of likely N-dealkylation sites (tertiary alicyclic amines) is 1. The smallest absolute Gasteiger partial charge is 0.313 e. The Hall–Kier alpha value is -3.13. The summed E-state index contributed by atoms with van der Waals surface area (Å²) < 4.78 is 2.07. The summed E-state index contributed by atoms with van der Waals surface area (Å²) >= 11 is 0. The van der Waals surface area contributed by atoms with Crippen molar-refractivity contribution in [3.05, 3.63) is 47.3 Å². The van der Waals surface area contributed by atoms with E-state index in [1.54, 1.807) is 0 Å². The van der Waals surface area contributed by atoms with Crippen LogP contribution in [0.3, 0.4) is 0 Å². The van der Waals surface area contributed by atoms with Crippen molar-refractivity contribution >= 4 is 29.1 Å². The van der Waals surface area contributed by atoms with E-state index < -0.39 is 11.8 Å². The van der Waals surface area contributed by atoms with Crippen LogP contribution < -0.4 is 15.5 Å². The first-order valence-corrected chi connectivity index (χ1v) is 11.9. The minimum absolute atomic E-state index is 0.0426. The van der Waals surface area contributed by atoms with E-state index in [0.717, 1.165) is 67.8 Å². The van der Waals surface area contributed by atoms with Gasteiger partial charge in [0.15, 0.2) is 0 Å². The van der Waals surface area contributed by atoms with E-state index in [4.69, 9.17) is 0 Å². The van der Waals surface area contributed by atoms with Crippen LogP contribution in [0.1, 0.15) is 48.5 Å². The van der Waals surface area contributed by atoms with Gasteiger partial charge in [-0.1, -0.05) is 0 Å². The number of benzene rings is 1. The molecule has 0 bridgehead atoms. The zero-order chi connectivity index (χ0) is 22.9. The second-order valence-corrected chi connectivity index (χ2v) is 9.26. The molecule has 1 unspecified atom stereocenters. The van der Waals surface area contributed by atoms with Gasteiger partial charge in [0.1, 0.15) is 0 Å². The van der Waals surface area contributed by atoms with Crippen molar-refractivity contribution < 1.29 is 14.4 Å². The normalized spacial score (nSPS) is 18.7. The van der Waals surface area contributed by atoms with Crippen LogP contribution in [0.4, 0.5) is 11.4 Å². The van der Waals surface area contributed by atoms with Crippen LogP contribution >= 0.6 is 0 Å². The fourth-order valence-corrected chi connectivity index (χ4v) is 5.48. The van der Waals surface area contributed by atoms with Gasteiger partial charge in [0, 0.05) is 44.1 Å². The van der Waals surface area contributed by atoms with E-state index in [-0.39, 0.29) is 11.9 Å². The first kappa shape index (κ1) is 21.7. The third kappa shape index (κ3) is 4.27. The summed E-state index contributed by atoms with van der Waals surface area (Å²) in [7, 11) is 2.00. The van der Waals surface area contributed by atoms with Crippen molar-refractivity contribution in [1.29, 1.82) is 0 Å². The van der Waals surface area contributed by atoms with Crippen LogP contribution in [0.25, 0.3) is 0 Å². The van der Waals surface area contributed by atoms with Crippen molar-refractivity contribution in [2.75, 3.05) is 36.4 Å². The predicted octanol–water partition coefficient (Wildman–Crippen LogP) is 2.14. The molecule has 3 aliphatic rings. The molecular formula is C25H31N5O3. The van der Waals surface area contributed by atoms with Gasteiger partial charge in [-0.3, -0.25) is 19.3 Å². The Morgan fingerprint density at radius 1 is 1.00 bits per heavy atom. The summed E-state index contributed by atoms with van der Waals surface area (Å²) in [6.07, 6.45) is 7.24. The van der Waals surface area contributed by atoms with Crippen LogP contribution in [-0.2, 0) is 34.3 Å². The largest absolute Gasteiger partial charge is 0.353 e. The minimum atomic E-state index is -0.659. The maximum absolute atomic E-state index is 12.7. The van der Waals surface area contributed by atoms with Gasteiger partial charge < -0.3 is 20.1 Å². The van der Waals surface area contributed by atoms with Gasteiger partial charge in [0.2, 0.25) is 5.91 Å². The molecule has 2 aromatic rings. The van der Waals surface area contributed by atoms with Gasteiger partial charge in [-0.05, 0) is 80.6 Å². The summed E-state index contributed by atoms with van der Waals surface area (Å²) in [6, 6.07) is 7.94. The van der Waals surface area contributed by atoms with Gasteiger partial charge in [-0.15, -0.1) is 0 Å². The van der Waals surface area contributed by atoms with Crippen LogP contribution in [0, 0.1) is 0 Å². The lowest BCUT2D eigenvalue weighted by Gasteiger charge is -2.35. The summed E-state index contributed by atoms with van der Waals surface area (Å²) in [4.78, 5) is 41.9. The van der Waals surface area contributed by atoms with Crippen LogP contribution in [0.15, 0.2) is 30.5 Å². The molecule has 2 N–H and O–H groups in total. The molecule has 4 heterocycles. The molecule has 0 spiro atoms. The molecule has 0 aliphatic carbocycles. The molecule has 3 aliphatic heterocycles. The topological polar surface area (TPSA) is 86.7 Å². The lowest BCUT2D eigenvalue weighted by Crippen LogP contribution is -2.42. The molecule has 5 rings (SSSR count). The van der Waals surface area contributed by atoms with Gasteiger partial charge in [-0.2, -0.15) is 0 Å². The van der Waals surface area contributed by atoms with Gasteiger partial charge in [0.05, 0.1) is 11.7 Å². The molecule has 1 saturated heterocycles. The van der Waals surface area contributed by atoms with E-state index in [1.807, 2.05) is 36.3 Å². The number of anilines is 2. The van der Waals surface area contributed by atoms with Crippen LogP contribution in [0.2, 0.25) is 0 Å². The average Bonchev–Trinajstić information content (AvgIpc) is 3.49. The number of carbonyl (C=O) groups is 3. The zero-order valence-electron chi connectivity index (χ0n) is 19.1. The molecule has 8 heteroatoms. The minimum Gasteiger partial charge on any atom is -0.353 e. The number of carbonyl (C=O) groups excluding carboxylic acids is 3. The number of nitrogens with zero attached hydrogens (tertiary/aromatic N) is 3. The fraction of sp³-hybridized carbons (Fsp3) is 0.480. The Labute approximate surface area is 193 Å². The third-order valence-corrected chi connectivity index (χ3v) is 7.10. The molecule has 33 heavy (non-hydrogen) atoms. The molecule has 174 valence electrons. The molecule has 3 amide bonds. The highest BCUT2D eigenvalue weighted by Gasteiger charge is 2.30. The van der Waals surface area contributed by atoms with E-state index in [2.05, 4.69) is 26.2 Å². The summed E-state index contributed by atoms with van der Waals surface area (Å²) in [5.41, 5.74) is 4.90. The molecule has 0 saturated carbocycles. The highest BCUT2D eigenvalue weighted by Crippen LogP contribution is 2.37. The van der Waals surface area contributed by atoms with Gasteiger partial charge >= 0.3 is 11.8 Å². The van der Waals surface area contributed by atoms with Crippen molar-refractivity contribution in [2.24, 2.45) is 7.05 Å². The zero-order valence-corrected chi connectivity index (χ0v) is 19.1. The first-order chi connectivity index (χ1) is 16.0. The maximum atomic E-state index is 12.7. The molecule has 8 nitrogen and oxygen atoms in total. The number of aryl methyl sites for hydroxylation is 3. The molecule has 0 radical (unpaired) electrons. The maximum Gasteiger partial charge on any atom is 0.313 e. The number of nitrogens with one attached hydrogen (secondary N) is 2. The molecule has 1 aromatic carbocycles. The Morgan fingerprint density at radius 3 is 2.48 bits per heavy atom. The highest BCUT2D eigenvalue weighted by atomic mass is 16.2. The van der Waals surface area contributed by atoms with E-state index >= 15 is 0 Å². The van der Waals surface area contributed by atoms with Crippen LogP contribution in [0.5, 0.6) is 0 Å². The number of amides is 3. The monoisotopic (exact) mass is 449 g/mol. The van der Waals surface area contributed by atoms with E-state index in [1.165, 1.54) is 0 Å². The number of hydrogen-bond donors (Lipinski definition) is 2. The lowest BCUT2D eigenvalue weighted by molar-refractivity contribution is -0.136. The summed E-state index contributed by atoms with van der Waals surface area (Å²) in [5.74, 6) is -1.12. The molecule has 1 fully saturated rings. The van der Waals surface area contributed by atoms with Gasteiger partial charge in [0.25, 0.3) is 0 Å². The van der Waals surface area contributed by atoms with Crippen molar-refractivity contribution in [3.8, 4) is 0 Å². The number of rotatable bonds is 5. The lowest BCUT2D eigenvalue weighted by atomic mass is 9.91. The second kappa shape index (κ2) is 9.02.